The van der Waals surface area contributed by atoms with Gasteiger partial charge in [0, 0.05) is 28.9 Å². The number of nitrogens with one attached hydrogen (secondary N) is 1. The first-order valence-corrected chi connectivity index (χ1v) is 6.28. The largest absolute Gasteiger partial charge is 0.480 e. The third-order valence-electron chi connectivity index (χ3n) is 3.20. The molecule has 0 bridgehead atoms. The van der Waals surface area contributed by atoms with Crippen LogP contribution in [-0.2, 0) is 4.79 Å². The topological polar surface area (TPSA) is 75.1 Å². The number of nitrogens with zero attached hydrogens (tertiary/aromatic N) is 2. The van der Waals surface area contributed by atoms with Crippen molar-refractivity contribution in [3.63, 3.8) is 0 Å². The van der Waals surface area contributed by atoms with E-state index >= 15 is 0 Å². The van der Waals surface area contributed by atoms with Gasteiger partial charge in [0.05, 0.1) is 11.0 Å². The molecule has 0 saturated heterocycles. The van der Waals surface area contributed by atoms with E-state index in [1.165, 1.54) is 0 Å². The summed E-state index contributed by atoms with van der Waals surface area (Å²) in [7, 11) is 0. The van der Waals surface area contributed by atoms with Gasteiger partial charge in [-0.1, -0.05) is 6.07 Å². The number of rotatable bonds is 3. The summed E-state index contributed by atoms with van der Waals surface area (Å²) in [5.74, 6) is -0.895. The molecule has 0 fully saturated rings. The van der Waals surface area contributed by atoms with E-state index in [4.69, 9.17) is 5.11 Å². The van der Waals surface area contributed by atoms with Gasteiger partial charge in [0.15, 0.2) is 0 Å². The van der Waals surface area contributed by atoms with E-state index in [-0.39, 0.29) is 0 Å². The fourth-order valence-electron chi connectivity index (χ4n) is 2.19. The standard InChI is InChI=1S/C15H13N3O2/c1-9(15(19)20)18-12-8-10-4-2-6-16-13(10)14-11(12)5-3-7-17-14/h2-9,18H,1H3,(H,19,20)/t9-/m0/s1. The van der Waals surface area contributed by atoms with Gasteiger partial charge in [0.1, 0.15) is 6.04 Å². The normalized spacial score (nSPS) is 12.4. The average Bonchev–Trinajstić information content (AvgIpc) is 2.47. The Labute approximate surface area is 115 Å². The van der Waals surface area contributed by atoms with E-state index in [2.05, 4.69) is 15.3 Å². The Morgan fingerprint density at radius 1 is 1.20 bits per heavy atom. The van der Waals surface area contributed by atoms with Crippen molar-refractivity contribution in [2.24, 2.45) is 0 Å². The van der Waals surface area contributed by atoms with Crippen molar-refractivity contribution < 1.29 is 9.90 Å². The van der Waals surface area contributed by atoms with Crippen LogP contribution in [0.15, 0.2) is 42.7 Å². The summed E-state index contributed by atoms with van der Waals surface area (Å²) >= 11 is 0. The number of benzene rings is 1. The average molecular weight is 267 g/mol. The van der Waals surface area contributed by atoms with E-state index in [1.807, 2.05) is 30.3 Å². The van der Waals surface area contributed by atoms with Crippen LogP contribution in [-0.4, -0.2) is 27.1 Å². The summed E-state index contributed by atoms with van der Waals surface area (Å²) in [6.07, 6.45) is 3.43. The minimum atomic E-state index is -0.895. The molecule has 3 rings (SSSR count). The van der Waals surface area contributed by atoms with Gasteiger partial charge < -0.3 is 10.4 Å². The van der Waals surface area contributed by atoms with Gasteiger partial charge in [0.25, 0.3) is 0 Å². The highest BCUT2D eigenvalue weighted by Crippen LogP contribution is 2.29. The lowest BCUT2D eigenvalue weighted by Crippen LogP contribution is -2.25. The first-order valence-electron chi connectivity index (χ1n) is 6.28. The highest BCUT2D eigenvalue weighted by molar-refractivity contribution is 6.09. The second-order valence-electron chi connectivity index (χ2n) is 4.60. The van der Waals surface area contributed by atoms with E-state index < -0.39 is 12.0 Å². The molecular weight excluding hydrogens is 254 g/mol. The molecule has 0 aliphatic rings. The van der Waals surface area contributed by atoms with Gasteiger partial charge in [-0.2, -0.15) is 0 Å². The van der Waals surface area contributed by atoms with Gasteiger partial charge in [-0.25, -0.2) is 0 Å². The van der Waals surface area contributed by atoms with Crippen LogP contribution in [0.1, 0.15) is 6.92 Å². The molecule has 0 saturated carbocycles. The molecule has 0 aliphatic heterocycles. The Morgan fingerprint density at radius 2 is 1.90 bits per heavy atom. The second-order valence-corrected chi connectivity index (χ2v) is 4.60. The van der Waals surface area contributed by atoms with Crippen LogP contribution in [0.3, 0.4) is 0 Å². The molecule has 5 nitrogen and oxygen atoms in total. The lowest BCUT2D eigenvalue weighted by molar-refractivity contribution is -0.137. The quantitative estimate of drug-likeness (QED) is 0.713. The zero-order valence-corrected chi connectivity index (χ0v) is 10.9. The molecule has 100 valence electrons. The van der Waals surface area contributed by atoms with Crippen molar-refractivity contribution in [2.75, 3.05) is 5.32 Å². The minimum absolute atomic E-state index is 0.674. The number of aliphatic carboxylic acids is 1. The molecule has 2 heterocycles. The van der Waals surface area contributed by atoms with Gasteiger partial charge in [-0.3, -0.25) is 14.8 Å². The predicted octanol–water partition coefficient (Wildman–Crippen LogP) is 2.67. The van der Waals surface area contributed by atoms with E-state index in [1.54, 1.807) is 19.3 Å². The maximum Gasteiger partial charge on any atom is 0.325 e. The van der Waals surface area contributed by atoms with Crippen molar-refractivity contribution in [1.82, 2.24) is 9.97 Å². The lowest BCUT2D eigenvalue weighted by Gasteiger charge is -2.14. The number of hydrogen-bond acceptors (Lipinski definition) is 4. The molecular formula is C15H13N3O2. The number of pyridine rings is 2. The van der Waals surface area contributed by atoms with Crippen LogP contribution in [0.25, 0.3) is 21.8 Å². The third-order valence-corrected chi connectivity index (χ3v) is 3.20. The number of carboxylic acids is 1. The van der Waals surface area contributed by atoms with E-state index in [0.717, 1.165) is 27.5 Å². The number of hydrogen-bond donors (Lipinski definition) is 2. The minimum Gasteiger partial charge on any atom is -0.480 e. The molecule has 0 spiro atoms. The molecule has 0 unspecified atom stereocenters. The summed E-state index contributed by atoms with van der Waals surface area (Å²) in [6.45, 7) is 1.61. The highest BCUT2D eigenvalue weighted by atomic mass is 16.4. The van der Waals surface area contributed by atoms with Crippen molar-refractivity contribution in [1.29, 1.82) is 0 Å². The van der Waals surface area contributed by atoms with E-state index in [9.17, 15) is 4.79 Å². The van der Waals surface area contributed by atoms with Crippen molar-refractivity contribution in [3.8, 4) is 0 Å². The van der Waals surface area contributed by atoms with Crippen LogP contribution >= 0.6 is 0 Å². The summed E-state index contributed by atoms with van der Waals surface area (Å²) in [6, 6.07) is 8.76. The van der Waals surface area contributed by atoms with Gasteiger partial charge in [-0.05, 0) is 31.2 Å². The monoisotopic (exact) mass is 267 g/mol. The number of carbonyl (C=O) groups is 1. The molecule has 0 radical (unpaired) electrons. The number of carboxylic acid groups (broad SMARTS) is 1. The fourth-order valence-corrected chi connectivity index (χ4v) is 2.19. The van der Waals surface area contributed by atoms with Crippen molar-refractivity contribution in [2.45, 2.75) is 13.0 Å². The number of aromatic nitrogens is 2. The van der Waals surface area contributed by atoms with Gasteiger partial charge >= 0.3 is 5.97 Å². The summed E-state index contributed by atoms with van der Waals surface area (Å²) < 4.78 is 0. The Balaban J connectivity index is 2.26. The van der Waals surface area contributed by atoms with Crippen LogP contribution in [0, 0.1) is 0 Å². The number of fused-ring (bicyclic) bond motifs is 3. The first kappa shape index (κ1) is 12.3. The molecule has 2 N–H and O–H groups in total. The Hall–Kier alpha value is -2.69. The van der Waals surface area contributed by atoms with Crippen LogP contribution < -0.4 is 5.32 Å². The predicted molar refractivity (Wildman–Crippen MR) is 77.8 cm³/mol. The first-order chi connectivity index (χ1) is 9.66. The zero-order valence-electron chi connectivity index (χ0n) is 10.9. The third kappa shape index (κ3) is 2.03. The molecule has 2 aromatic heterocycles. The second kappa shape index (κ2) is 4.77. The molecule has 1 atom stereocenters. The van der Waals surface area contributed by atoms with Crippen molar-refractivity contribution >= 4 is 33.5 Å². The fraction of sp³-hybridized carbons (Fsp3) is 0.133. The van der Waals surface area contributed by atoms with Gasteiger partial charge in [-0.15, -0.1) is 0 Å². The van der Waals surface area contributed by atoms with Gasteiger partial charge in [0.2, 0.25) is 0 Å². The molecule has 5 heteroatoms. The molecule has 20 heavy (non-hydrogen) atoms. The van der Waals surface area contributed by atoms with Crippen LogP contribution in [0.2, 0.25) is 0 Å². The van der Waals surface area contributed by atoms with Crippen LogP contribution in [0.5, 0.6) is 0 Å². The Morgan fingerprint density at radius 3 is 2.65 bits per heavy atom. The maximum absolute atomic E-state index is 11.0. The molecule has 1 aromatic carbocycles. The summed E-state index contributed by atoms with van der Waals surface area (Å²) in [5, 5.41) is 13.8. The van der Waals surface area contributed by atoms with Crippen molar-refractivity contribution in [3.05, 3.63) is 42.7 Å². The summed E-state index contributed by atoms with van der Waals surface area (Å²) in [5.41, 5.74) is 2.34. The smallest absolute Gasteiger partial charge is 0.325 e. The molecule has 0 aliphatic carbocycles. The highest BCUT2D eigenvalue weighted by Gasteiger charge is 2.14. The SMILES string of the molecule is C[C@H](Nc1cc2cccnc2c2ncccc12)C(=O)O. The maximum atomic E-state index is 11.0. The molecule has 3 aromatic rings. The van der Waals surface area contributed by atoms with Crippen LogP contribution in [0.4, 0.5) is 5.69 Å². The van der Waals surface area contributed by atoms with E-state index in [0.29, 0.717) is 0 Å². The lowest BCUT2D eigenvalue weighted by atomic mass is 10.1. The Bertz CT molecular complexity index is 801. The Kier molecular flexibility index (Phi) is 2.95. The summed E-state index contributed by atoms with van der Waals surface area (Å²) in [4.78, 5) is 19.7. The molecule has 0 amide bonds. The number of anilines is 1. The zero-order chi connectivity index (χ0) is 14.1.